The van der Waals surface area contributed by atoms with Crippen molar-refractivity contribution in [2.75, 3.05) is 13.2 Å². The van der Waals surface area contributed by atoms with Crippen LogP contribution in [-0.4, -0.2) is 13.2 Å². The molecule has 12 heavy (non-hydrogen) atoms. The molecule has 0 N–H and O–H groups in total. The summed E-state index contributed by atoms with van der Waals surface area (Å²) in [5, 5.41) is 0. The number of hydrogen-bond donors (Lipinski definition) is 0. The molecule has 1 unspecified atom stereocenters. The number of rotatable bonds is 5. The first kappa shape index (κ1) is 9.61. The van der Waals surface area contributed by atoms with Gasteiger partial charge in [-0.2, -0.15) is 0 Å². The Bertz CT molecular complexity index is 171. The van der Waals surface area contributed by atoms with E-state index in [1.807, 2.05) is 6.92 Å². The van der Waals surface area contributed by atoms with Crippen LogP contribution in [0.2, 0.25) is 0 Å². The average Bonchev–Trinajstić information content (AvgIpc) is 2.82. The van der Waals surface area contributed by atoms with Crippen molar-refractivity contribution in [3.05, 3.63) is 0 Å². The van der Waals surface area contributed by atoms with E-state index in [2.05, 4.69) is 18.8 Å². The van der Waals surface area contributed by atoms with Crippen molar-refractivity contribution in [2.24, 2.45) is 11.8 Å². The fraction of sp³-hybridized carbons (Fsp3) is 0.818. The highest BCUT2D eigenvalue weighted by molar-refractivity contribution is 4.99. The molecule has 0 aromatic heterocycles. The summed E-state index contributed by atoms with van der Waals surface area (Å²) in [6, 6.07) is 0. The van der Waals surface area contributed by atoms with Crippen LogP contribution in [-0.2, 0) is 4.74 Å². The van der Waals surface area contributed by atoms with Crippen molar-refractivity contribution >= 4 is 0 Å². The first-order chi connectivity index (χ1) is 5.83. The SMILES string of the molecule is CC#CC(C)CCOCC1CC1. The van der Waals surface area contributed by atoms with E-state index >= 15 is 0 Å². The fourth-order valence-corrected chi connectivity index (χ4v) is 1.11. The average molecular weight is 166 g/mol. The highest BCUT2D eigenvalue weighted by atomic mass is 16.5. The predicted octanol–water partition coefficient (Wildman–Crippen LogP) is 2.46. The molecular weight excluding hydrogens is 148 g/mol. The molecule has 0 radical (unpaired) electrons. The smallest absolute Gasteiger partial charge is 0.0494 e. The molecule has 0 aromatic rings. The molecule has 1 aliphatic carbocycles. The summed E-state index contributed by atoms with van der Waals surface area (Å²) in [5.74, 6) is 7.42. The summed E-state index contributed by atoms with van der Waals surface area (Å²) in [4.78, 5) is 0. The molecular formula is C11H18O. The van der Waals surface area contributed by atoms with Crippen LogP contribution in [0.25, 0.3) is 0 Å². The quantitative estimate of drug-likeness (QED) is 0.450. The molecule has 0 spiro atoms. The molecule has 1 saturated carbocycles. The second-order valence-corrected chi connectivity index (χ2v) is 3.60. The highest BCUT2D eigenvalue weighted by Gasteiger charge is 2.20. The van der Waals surface area contributed by atoms with Gasteiger partial charge in [-0.3, -0.25) is 0 Å². The minimum absolute atomic E-state index is 0.495. The van der Waals surface area contributed by atoms with Gasteiger partial charge in [-0.1, -0.05) is 6.92 Å². The zero-order valence-electron chi connectivity index (χ0n) is 8.10. The first-order valence-electron chi connectivity index (χ1n) is 4.83. The van der Waals surface area contributed by atoms with Crippen LogP contribution < -0.4 is 0 Å². The van der Waals surface area contributed by atoms with Crippen LogP contribution in [0.3, 0.4) is 0 Å². The Morgan fingerprint density at radius 1 is 1.50 bits per heavy atom. The zero-order chi connectivity index (χ0) is 8.81. The Morgan fingerprint density at radius 3 is 2.83 bits per heavy atom. The van der Waals surface area contributed by atoms with Gasteiger partial charge in [-0.05, 0) is 32.1 Å². The standard InChI is InChI=1S/C11H18O/c1-3-4-10(2)7-8-12-9-11-5-6-11/h10-11H,5-9H2,1-2H3. The minimum atomic E-state index is 0.495. The maximum atomic E-state index is 5.51. The first-order valence-corrected chi connectivity index (χ1v) is 4.83. The molecule has 0 saturated heterocycles. The summed E-state index contributed by atoms with van der Waals surface area (Å²) in [7, 11) is 0. The van der Waals surface area contributed by atoms with Crippen LogP contribution in [0.1, 0.15) is 33.1 Å². The summed E-state index contributed by atoms with van der Waals surface area (Å²) >= 11 is 0. The van der Waals surface area contributed by atoms with Crippen molar-refractivity contribution in [3.63, 3.8) is 0 Å². The summed E-state index contributed by atoms with van der Waals surface area (Å²) < 4.78 is 5.51. The minimum Gasteiger partial charge on any atom is -0.381 e. The molecule has 0 aliphatic heterocycles. The van der Waals surface area contributed by atoms with Gasteiger partial charge in [0.1, 0.15) is 0 Å². The van der Waals surface area contributed by atoms with Crippen molar-refractivity contribution in [3.8, 4) is 11.8 Å². The lowest BCUT2D eigenvalue weighted by atomic mass is 10.1. The molecule has 1 heteroatoms. The Labute approximate surface area is 75.5 Å². The molecule has 1 aliphatic rings. The Morgan fingerprint density at radius 2 is 2.25 bits per heavy atom. The Kier molecular flexibility index (Phi) is 4.18. The van der Waals surface area contributed by atoms with E-state index in [1.54, 1.807) is 0 Å². The topological polar surface area (TPSA) is 9.23 Å². The number of hydrogen-bond acceptors (Lipinski definition) is 1. The van der Waals surface area contributed by atoms with Crippen molar-refractivity contribution < 1.29 is 4.74 Å². The Hall–Kier alpha value is -0.480. The van der Waals surface area contributed by atoms with E-state index in [1.165, 1.54) is 12.8 Å². The molecule has 0 amide bonds. The van der Waals surface area contributed by atoms with Crippen LogP contribution in [0, 0.1) is 23.7 Å². The second kappa shape index (κ2) is 5.22. The van der Waals surface area contributed by atoms with E-state index in [0.29, 0.717) is 5.92 Å². The highest BCUT2D eigenvalue weighted by Crippen LogP contribution is 2.28. The molecule has 68 valence electrons. The molecule has 1 nitrogen and oxygen atoms in total. The summed E-state index contributed by atoms with van der Waals surface area (Å²) in [5.41, 5.74) is 0. The maximum absolute atomic E-state index is 5.51. The molecule has 0 aromatic carbocycles. The van der Waals surface area contributed by atoms with Crippen molar-refractivity contribution in [1.29, 1.82) is 0 Å². The monoisotopic (exact) mass is 166 g/mol. The molecule has 0 bridgehead atoms. The van der Waals surface area contributed by atoms with Gasteiger partial charge in [0.15, 0.2) is 0 Å². The zero-order valence-corrected chi connectivity index (χ0v) is 8.10. The fourth-order valence-electron chi connectivity index (χ4n) is 1.11. The van der Waals surface area contributed by atoms with Gasteiger partial charge in [0.25, 0.3) is 0 Å². The third-order valence-corrected chi connectivity index (χ3v) is 2.14. The summed E-state index contributed by atoms with van der Waals surface area (Å²) in [6.07, 6.45) is 3.84. The van der Waals surface area contributed by atoms with Crippen molar-refractivity contribution in [1.82, 2.24) is 0 Å². The molecule has 1 fully saturated rings. The van der Waals surface area contributed by atoms with Gasteiger partial charge in [0.05, 0.1) is 0 Å². The van der Waals surface area contributed by atoms with Crippen LogP contribution in [0.4, 0.5) is 0 Å². The van der Waals surface area contributed by atoms with E-state index in [9.17, 15) is 0 Å². The third kappa shape index (κ3) is 4.41. The van der Waals surface area contributed by atoms with Crippen LogP contribution in [0.15, 0.2) is 0 Å². The van der Waals surface area contributed by atoms with E-state index < -0.39 is 0 Å². The normalized spacial score (nSPS) is 18.2. The largest absolute Gasteiger partial charge is 0.381 e. The van der Waals surface area contributed by atoms with Gasteiger partial charge >= 0.3 is 0 Å². The van der Waals surface area contributed by atoms with E-state index in [0.717, 1.165) is 25.6 Å². The van der Waals surface area contributed by atoms with E-state index in [-0.39, 0.29) is 0 Å². The van der Waals surface area contributed by atoms with E-state index in [4.69, 9.17) is 4.74 Å². The van der Waals surface area contributed by atoms with Crippen LogP contribution in [0.5, 0.6) is 0 Å². The lowest BCUT2D eigenvalue weighted by Crippen LogP contribution is -2.02. The Balaban J connectivity index is 1.88. The third-order valence-electron chi connectivity index (χ3n) is 2.14. The lowest BCUT2D eigenvalue weighted by molar-refractivity contribution is 0.117. The summed E-state index contributed by atoms with van der Waals surface area (Å²) in [6.45, 7) is 5.90. The predicted molar refractivity (Wildman–Crippen MR) is 50.8 cm³/mol. The van der Waals surface area contributed by atoms with Crippen molar-refractivity contribution in [2.45, 2.75) is 33.1 Å². The van der Waals surface area contributed by atoms with Gasteiger partial charge in [-0.25, -0.2) is 0 Å². The van der Waals surface area contributed by atoms with Gasteiger partial charge in [-0.15, -0.1) is 11.8 Å². The van der Waals surface area contributed by atoms with Gasteiger partial charge in [0, 0.05) is 19.1 Å². The maximum Gasteiger partial charge on any atom is 0.0494 e. The number of ether oxygens (including phenoxy) is 1. The molecule has 0 heterocycles. The lowest BCUT2D eigenvalue weighted by Gasteiger charge is -2.04. The van der Waals surface area contributed by atoms with Gasteiger partial charge < -0.3 is 4.74 Å². The molecule has 1 rings (SSSR count). The molecule has 1 atom stereocenters. The second-order valence-electron chi connectivity index (χ2n) is 3.60. The van der Waals surface area contributed by atoms with Gasteiger partial charge in [0.2, 0.25) is 0 Å². The van der Waals surface area contributed by atoms with Crippen LogP contribution >= 0.6 is 0 Å².